The SMILES string of the molecule is Cc1cc2c(cc1/C=C(\c1ccc(C#N)cc1)C(F)(F)F)C(C)(C)CCC2(C)C. The van der Waals surface area contributed by atoms with Gasteiger partial charge in [-0.3, -0.25) is 0 Å². The molecule has 0 unspecified atom stereocenters. The lowest BCUT2D eigenvalue weighted by molar-refractivity contribution is -0.0683. The molecule has 152 valence electrons. The smallest absolute Gasteiger partial charge is 0.192 e. The van der Waals surface area contributed by atoms with Crippen LogP contribution in [0.1, 0.15) is 73.9 Å². The van der Waals surface area contributed by atoms with E-state index in [2.05, 4.69) is 33.8 Å². The van der Waals surface area contributed by atoms with Crippen LogP contribution in [0.25, 0.3) is 11.6 Å². The molecule has 1 aliphatic rings. The van der Waals surface area contributed by atoms with E-state index in [1.165, 1.54) is 35.9 Å². The summed E-state index contributed by atoms with van der Waals surface area (Å²) in [7, 11) is 0. The second kappa shape index (κ2) is 7.06. The number of allylic oxidation sites excluding steroid dienone is 1. The summed E-state index contributed by atoms with van der Waals surface area (Å²) in [5.41, 5.74) is 3.43. The van der Waals surface area contributed by atoms with Crippen LogP contribution in [-0.2, 0) is 10.8 Å². The molecule has 0 atom stereocenters. The highest BCUT2D eigenvalue weighted by molar-refractivity contribution is 5.85. The van der Waals surface area contributed by atoms with Crippen LogP contribution >= 0.6 is 0 Å². The summed E-state index contributed by atoms with van der Waals surface area (Å²) in [4.78, 5) is 0. The highest BCUT2D eigenvalue weighted by Crippen LogP contribution is 2.47. The zero-order valence-corrected chi connectivity index (χ0v) is 17.5. The lowest BCUT2D eigenvalue weighted by Crippen LogP contribution is -2.34. The predicted molar refractivity (Wildman–Crippen MR) is 112 cm³/mol. The Morgan fingerprint density at radius 1 is 0.966 bits per heavy atom. The third-order valence-corrected chi connectivity index (χ3v) is 6.17. The van der Waals surface area contributed by atoms with Gasteiger partial charge in [0.15, 0.2) is 0 Å². The van der Waals surface area contributed by atoms with Crippen molar-refractivity contribution in [2.75, 3.05) is 0 Å². The number of nitriles is 1. The zero-order chi connectivity index (χ0) is 21.6. The molecule has 0 radical (unpaired) electrons. The van der Waals surface area contributed by atoms with Crippen molar-refractivity contribution in [3.8, 4) is 6.07 Å². The minimum atomic E-state index is -4.49. The van der Waals surface area contributed by atoms with Crippen LogP contribution in [-0.4, -0.2) is 6.18 Å². The number of hydrogen-bond acceptors (Lipinski definition) is 1. The molecule has 0 heterocycles. The first kappa shape index (κ1) is 21.2. The molecule has 4 heteroatoms. The third kappa shape index (κ3) is 4.10. The monoisotopic (exact) mass is 397 g/mol. The van der Waals surface area contributed by atoms with E-state index in [4.69, 9.17) is 5.26 Å². The first-order chi connectivity index (χ1) is 13.3. The Hall–Kier alpha value is -2.54. The minimum Gasteiger partial charge on any atom is -0.192 e. The van der Waals surface area contributed by atoms with E-state index < -0.39 is 11.7 Å². The standard InChI is InChI=1S/C25H26F3N/c1-16-12-21-22(24(4,5)11-10-23(21,2)3)14-19(16)13-20(25(26,27)28)18-8-6-17(15-29)7-9-18/h6-9,12-14H,10-11H2,1-5H3/b20-13+. The van der Waals surface area contributed by atoms with E-state index in [1.54, 1.807) is 0 Å². The van der Waals surface area contributed by atoms with Crippen molar-refractivity contribution in [2.24, 2.45) is 0 Å². The molecule has 0 spiro atoms. The molecule has 0 aliphatic heterocycles. The van der Waals surface area contributed by atoms with Crippen molar-refractivity contribution < 1.29 is 13.2 Å². The fourth-order valence-corrected chi connectivity index (χ4v) is 4.10. The Balaban J connectivity index is 2.20. The molecule has 2 aromatic rings. The summed E-state index contributed by atoms with van der Waals surface area (Å²) in [5.74, 6) is 0. The van der Waals surface area contributed by atoms with E-state index in [0.717, 1.165) is 24.0 Å². The van der Waals surface area contributed by atoms with Crippen molar-refractivity contribution in [1.29, 1.82) is 5.26 Å². The van der Waals surface area contributed by atoms with E-state index in [0.29, 0.717) is 11.1 Å². The fraction of sp³-hybridized carbons (Fsp3) is 0.400. The first-order valence-electron chi connectivity index (χ1n) is 9.80. The molecule has 0 fully saturated rings. The second-order valence-corrected chi connectivity index (χ2v) is 9.27. The molecule has 0 aromatic heterocycles. The van der Waals surface area contributed by atoms with Gasteiger partial charge in [-0.15, -0.1) is 0 Å². The lowest BCUT2D eigenvalue weighted by Gasteiger charge is -2.42. The van der Waals surface area contributed by atoms with Crippen LogP contribution in [0.2, 0.25) is 0 Å². The molecule has 1 nitrogen and oxygen atoms in total. The quantitative estimate of drug-likeness (QED) is 0.487. The van der Waals surface area contributed by atoms with Gasteiger partial charge in [0.2, 0.25) is 0 Å². The number of alkyl halides is 3. The average Bonchev–Trinajstić information content (AvgIpc) is 2.63. The third-order valence-electron chi connectivity index (χ3n) is 6.17. The van der Waals surface area contributed by atoms with Crippen molar-refractivity contribution in [2.45, 2.75) is 64.5 Å². The van der Waals surface area contributed by atoms with Gasteiger partial charge < -0.3 is 0 Å². The number of benzene rings is 2. The molecule has 0 saturated heterocycles. The van der Waals surface area contributed by atoms with Gasteiger partial charge in [-0.25, -0.2) is 0 Å². The second-order valence-electron chi connectivity index (χ2n) is 9.27. The van der Waals surface area contributed by atoms with E-state index >= 15 is 0 Å². The van der Waals surface area contributed by atoms with Crippen LogP contribution in [0.5, 0.6) is 0 Å². The Kier molecular flexibility index (Phi) is 5.15. The Morgan fingerprint density at radius 2 is 1.48 bits per heavy atom. The molecular weight excluding hydrogens is 371 g/mol. The number of halogens is 3. The average molecular weight is 397 g/mol. The summed E-state index contributed by atoms with van der Waals surface area (Å²) < 4.78 is 41.7. The van der Waals surface area contributed by atoms with Gasteiger partial charge >= 0.3 is 6.18 Å². The van der Waals surface area contributed by atoms with Gasteiger partial charge in [0.1, 0.15) is 0 Å². The molecule has 0 amide bonds. The highest BCUT2D eigenvalue weighted by atomic mass is 19.4. The maximum absolute atomic E-state index is 13.9. The van der Waals surface area contributed by atoms with Crippen molar-refractivity contribution in [3.63, 3.8) is 0 Å². The predicted octanol–water partition coefficient (Wildman–Crippen LogP) is 7.32. The molecule has 3 rings (SSSR count). The maximum Gasteiger partial charge on any atom is 0.417 e. The molecule has 1 aliphatic carbocycles. The van der Waals surface area contributed by atoms with Gasteiger partial charge in [0.05, 0.1) is 17.2 Å². The largest absolute Gasteiger partial charge is 0.417 e. The summed E-state index contributed by atoms with van der Waals surface area (Å²) >= 11 is 0. The lowest BCUT2D eigenvalue weighted by atomic mass is 9.62. The highest BCUT2D eigenvalue weighted by Gasteiger charge is 2.38. The number of hydrogen-bond donors (Lipinski definition) is 0. The van der Waals surface area contributed by atoms with Crippen molar-refractivity contribution in [3.05, 3.63) is 69.8 Å². The van der Waals surface area contributed by atoms with E-state index in [-0.39, 0.29) is 16.4 Å². The van der Waals surface area contributed by atoms with Gasteiger partial charge in [0, 0.05) is 0 Å². The number of fused-ring (bicyclic) bond motifs is 1. The van der Waals surface area contributed by atoms with Crippen LogP contribution in [0.4, 0.5) is 13.2 Å². The molecule has 0 bridgehead atoms. The number of aryl methyl sites for hydroxylation is 1. The summed E-state index contributed by atoms with van der Waals surface area (Å²) in [6.45, 7) is 10.6. The maximum atomic E-state index is 13.9. The molecular formula is C25H26F3N. The Labute approximate surface area is 170 Å². The molecule has 2 aromatic carbocycles. The summed E-state index contributed by atoms with van der Waals surface area (Å²) in [5, 5.41) is 8.92. The van der Waals surface area contributed by atoms with Crippen LogP contribution in [0.3, 0.4) is 0 Å². The summed E-state index contributed by atoms with van der Waals surface area (Å²) in [6, 6.07) is 11.5. The van der Waals surface area contributed by atoms with Gasteiger partial charge in [-0.05, 0) is 76.6 Å². The number of nitrogens with zero attached hydrogens (tertiary/aromatic N) is 1. The van der Waals surface area contributed by atoms with Crippen LogP contribution in [0.15, 0.2) is 36.4 Å². The van der Waals surface area contributed by atoms with Crippen molar-refractivity contribution in [1.82, 2.24) is 0 Å². The van der Waals surface area contributed by atoms with Gasteiger partial charge in [-0.2, -0.15) is 18.4 Å². The van der Waals surface area contributed by atoms with Crippen LogP contribution < -0.4 is 0 Å². The molecule has 0 saturated carbocycles. The van der Waals surface area contributed by atoms with Crippen LogP contribution in [0, 0.1) is 18.3 Å². The minimum absolute atomic E-state index is 0.0117. The van der Waals surface area contributed by atoms with E-state index in [9.17, 15) is 13.2 Å². The topological polar surface area (TPSA) is 23.8 Å². The molecule has 0 N–H and O–H groups in total. The normalized spacial score (nSPS) is 18.1. The van der Waals surface area contributed by atoms with Gasteiger partial charge in [0.25, 0.3) is 0 Å². The number of rotatable bonds is 2. The van der Waals surface area contributed by atoms with Crippen molar-refractivity contribution >= 4 is 11.6 Å². The molecule has 29 heavy (non-hydrogen) atoms. The Bertz CT molecular complexity index is 1000. The zero-order valence-electron chi connectivity index (χ0n) is 17.5. The first-order valence-corrected chi connectivity index (χ1v) is 9.80. The summed E-state index contributed by atoms with van der Waals surface area (Å²) in [6.07, 6.45) is -1.19. The van der Waals surface area contributed by atoms with Gasteiger partial charge in [-0.1, -0.05) is 52.0 Å². The van der Waals surface area contributed by atoms with E-state index in [1.807, 2.05) is 19.1 Å². The fourth-order valence-electron chi connectivity index (χ4n) is 4.10. The Morgan fingerprint density at radius 3 is 1.97 bits per heavy atom.